The molecule has 0 amide bonds. The van der Waals surface area contributed by atoms with Crippen LogP contribution in [-0.2, 0) is 14.3 Å². The van der Waals surface area contributed by atoms with E-state index in [1.807, 2.05) is 0 Å². The summed E-state index contributed by atoms with van der Waals surface area (Å²) in [7, 11) is 3.12. The van der Waals surface area contributed by atoms with Crippen molar-refractivity contribution in [3.05, 3.63) is 23.7 Å². The van der Waals surface area contributed by atoms with E-state index in [4.69, 9.17) is 9.47 Å². The van der Waals surface area contributed by atoms with Crippen molar-refractivity contribution in [2.45, 2.75) is 39.0 Å². The second-order valence-corrected chi connectivity index (χ2v) is 4.61. The highest BCUT2D eigenvalue weighted by Gasteiger charge is 2.38. The highest BCUT2D eigenvalue weighted by molar-refractivity contribution is 5.80. The minimum atomic E-state index is -0.982. The lowest BCUT2D eigenvalue weighted by molar-refractivity contribution is -0.144. The summed E-state index contributed by atoms with van der Waals surface area (Å²) in [4.78, 5) is 11.6. The van der Waals surface area contributed by atoms with Crippen LogP contribution in [0.2, 0.25) is 0 Å². The molecule has 0 saturated carbocycles. The number of methoxy groups -OCH3 is 2. The minimum absolute atomic E-state index is 0.524. The second-order valence-electron chi connectivity index (χ2n) is 4.61. The van der Waals surface area contributed by atoms with Gasteiger partial charge in [0.25, 0.3) is 0 Å². The monoisotopic (exact) mass is 254 g/mol. The van der Waals surface area contributed by atoms with Gasteiger partial charge in [-0.05, 0) is 18.6 Å². The van der Waals surface area contributed by atoms with E-state index in [1.54, 1.807) is 26.4 Å². The summed E-state index contributed by atoms with van der Waals surface area (Å²) in [5.74, 6) is 0.476. The van der Waals surface area contributed by atoms with Gasteiger partial charge in [0.15, 0.2) is 0 Å². The van der Waals surface area contributed by atoms with E-state index in [9.17, 15) is 9.90 Å². The van der Waals surface area contributed by atoms with Crippen LogP contribution in [-0.4, -0.2) is 25.3 Å². The van der Waals surface area contributed by atoms with Crippen LogP contribution in [0.4, 0.5) is 0 Å². The Hall–Kier alpha value is -1.45. The van der Waals surface area contributed by atoms with E-state index in [0.717, 1.165) is 19.3 Å². The van der Waals surface area contributed by atoms with E-state index in [1.165, 1.54) is 0 Å². The standard InChI is InChI=1S/C14H22O4/c1-4-5-6-7-14(13(15)16)9-11(17-2)8-12(10-14)18-3/h9-10H,4-8H2,1-3H3,(H,15,16). The molecule has 0 aromatic rings. The third-order valence-electron chi connectivity index (χ3n) is 3.30. The average molecular weight is 254 g/mol. The Morgan fingerprint density at radius 3 is 2.22 bits per heavy atom. The zero-order valence-corrected chi connectivity index (χ0v) is 11.4. The zero-order chi connectivity index (χ0) is 13.6. The fourth-order valence-corrected chi connectivity index (χ4v) is 2.19. The first-order valence-electron chi connectivity index (χ1n) is 6.32. The lowest BCUT2D eigenvalue weighted by atomic mass is 9.78. The SMILES string of the molecule is CCCCCC1(C(=O)O)C=C(OC)CC(OC)=C1. The molecule has 4 heteroatoms. The molecule has 0 unspecified atom stereocenters. The van der Waals surface area contributed by atoms with Gasteiger partial charge in [0.1, 0.15) is 16.9 Å². The van der Waals surface area contributed by atoms with Crippen molar-refractivity contribution in [1.82, 2.24) is 0 Å². The first-order chi connectivity index (χ1) is 8.57. The van der Waals surface area contributed by atoms with Gasteiger partial charge in [-0.1, -0.05) is 26.2 Å². The molecule has 0 radical (unpaired) electrons. The fraction of sp³-hybridized carbons (Fsp3) is 0.643. The number of rotatable bonds is 7. The second kappa shape index (κ2) is 6.47. The Bertz CT molecular complexity index is 335. The topological polar surface area (TPSA) is 55.8 Å². The van der Waals surface area contributed by atoms with Gasteiger partial charge in [-0.2, -0.15) is 0 Å². The molecule has 4 nitrogen and oxygen atoms in total. The van der Waals surface area contributed by atoms with Crippen LogP contribution in [0.1, 0.15) is 39.0 Å². The number of carboxylic acid groups (broad SMARTS) is 1. The first-order valence-corrected chi connectivity index (χ1v) is 6.32. The number of aliphatic carboxylic acids is 1. The summed E-state index contributed by atoms with van der Waals surface area (Å²) >= 11 is 0. The van der Waals surface area contributed by atoms with E-state index in [-0.39, 0.29) is 0 Å². The first kappa shape index (κ1) is 14.6. The van der Waals surface area contributed by atoms with Crippen LogP contribution in [0.15, 0.2) is 23.7 Å². The van der Waals surface area contributed by atoms with Gasteiger partial charge >= 0.3 is 5.97 Å². The maximum Gasteiger partial charge on any atom is 0.317 e. The Labute approximate surface area is 108 Å². The number of carbonyl (C=O) groups is 1. The van der Waals surface area contributed by atoms with E-state index < -0.39 is 11.4 Å². The zero-order valence-electron chi connectivity index (χ0n) is 11.4. The van der Waals surface area contributed by atoms with Crippen molar-refractivity contribution in [3.8, 4) is 0 Å². The van der Waals surface area contributed by atoms with Crippen LogP contribution >= 0.6 is 0 Å². The molecule has 0 heterocycles. The summed E-state index contributed by atoms with van der Waals surface area (Å²) in [6.45, 7) is 2.10. The predicted molar refractivity (Wildman–Crippen MR) is 69.0 cm³/mol. The van der Waals surface area contributed by atoms with Gasteiger partial charge in [-0.3, -0.25) is 4.79 Å². The summed E-state index contributed by atoms with van der Waals surface area (Å²) in [6.07, 6.45) is 7.51. The van der Waals surface area contributed by atoms with E-state index >= 15 is 0 Å². The number of hydrogen-bond donors (Lipinski definition) is 1. The van der Waals surface area contributed by atoms with Crippen molar-refractivity contribution < 1.29 is 19.4 Å². The van der Waals surface area contributed by atoms with Crippen LogP contribution in [0.3, 0.4) is 0 Å². The summed E-state index contributed by atoms with van der Waals surface area (Å²) in [5.41, 5.74) is -0.982. The molecule has 0 spiro atoms. The normalized spacial score (nSPS) is 17.7. The van der Waals surface area contributed by atoms with Crippen molar-refractivity contribution >= 4 is 5.97 Å². The maximum absolute atomic E-state index is 11.6. The molecule has 1 rings (SSSR count). The van der Waals surface area contributed by atoms with Gasteiger partial charge in [0.05, 0.1) is 20.6 Å². The quantitative estimate of drug-likeness (QED) is 0.709. The third-order valence-corrected chi connectivity index (χ3v) is 3.30. The Morgan fingerprint density at radius 1 is 1.28 bits per heavy atom. The molecule has 0 aromatic carbocycles. The lowest BCUT2D eigenvalue weighted by Gasteiger charge is -2.28. The van der Waals surface area contributed by atoms with Crippen LogP contribution in [0.25, 0.3) is 0 Å². The number of carboxylic acids is 1. The van der Waals surface area contributed by atoms with Gasteiger partial charge in [0.2, 0.25) is 0 Å². The molecule has 0 aromatic heterocycles. The van der Waals surface area contributed by atoms with Gasteiger partial charge in [-0.15, -0.1) is 0 Å². The van der Waals surface area contributed by atoms with Crippen LogP contribution < -0.4 is 0 Å². The molecule has 1 N–H and O–H groups in total. The van der Waals surface area contributed by atoms with Crippen LogP contribution in [0.5, 0.6) is 0 Å². The summed E-state index contributed by atoms with van der Waals surface area (Å²) < 4.78 is 10.4. The number of unbranched alkanes of at least 4 members (excludes halogenated alkanes) is 2. The van der Waals surface area contributed by atoms with E-state index in [2.05, 4.69) is 6.92 Å². The van der Waals surface area contributed by atoms with Gasteiger partial charge in [0, 0.05) is 0 Å². The van der Waals surface area contributed by atoms with Gasteiger partial charge < -0.3 is 14.6 Å². The predicted octanol–water partition coefficient (Wildman–Crippen LogP) is 3.10. The Morgan fingerprint density at radius 2 is 1.83 bits per heavy atom. The number of hydrogen-bond acceptors (Lipinski definition) is 3. The van der Waals surface area contributed by atoms with Crippen molar-refractivity contribution in [3.63, 3.8) is 0 Å². The Kier molecular flexibility index (Phi) is 5.25. The molecule has 0 aliphatic heterocycles. The third kappa shape index (κ3) is 3.28. The fourth-order valence-electron chi connectivity index (χ4n) is 2.19. The molecule has 1 aliphatic rings. The highest BCUT2D eigenvalue weighted by Crippen LogP contribution is 2.37. The smallest absolute Gasteiger partial charge is 0.317 e. The molecular weight excluding hydrogens is 232 g/mol. The van der Waals surface area contributed by atoms with Gasteiger partial charge in [-0.25, -0.2) is 0 Å². The van der Waals surface area contributed by atoms with E-state index in [0.29, 0.717) is 24.4 Å². The lowest BCUT2D eigenvalue weighted by Crippen LogP contribution is -2.30. The Balaban J connectivity index is 2.98. The number of ether oxygens (including phenoxy) is 2. The summed E-state index contributed by atoms with van der Waals surface area (Å²) in [5, 5.41) is 9.51. The van der Waals surface area contributed by atoms with Crippen LogP contribution in [0, 0.1) is 5.41 Å². The minimum Gasteiger partial charge on any atom is -0.501 e. The van der Waals surface area contributed by atoms with Crippen molar-refractivity contribution in [1.29, 1.82) is 0 Å². The molecule has 0 atom stereocenters. The molecule has 18 heavy (non-hydrogen) atoms. The molecule has 0 fully saturated rings. The van der Waals surface area contributed by atoms with Crippen molar-refractivity contribution in [2.75, 3.05) is 14.2 Å². The van der Waals surface area contributed by atoms with Crippen molar-refractivity contribution in [2.24, 2.45) is 5.41 Å². The summed E-state index contributed by atoms with van der Waals surface area (Å²) in [6, 6.07) is 0. The maximum atomic E-state index is 11.6. The molecular formula is C14H22O4. The molecule has 1 aliphatic carbocycles. The molecule has 0 saturated heterocycles. The highest BCUT2D eigenvalue weighted by atomic mass is 16.5. The molecule has 102 valence electrons. The molecule has 0 bridgehead atoms. The average Bonchev–Trinajstić information content (AvgIpc) is 2.38. The largest absolute Gasteiger partial charge is 0.501 e.